The van der Waals surface area contributed by atoms with Crippen LogP contribution in [0.4, 0.5) is 5.69 Å². The number of hydrogen-bond acceptors (Lipinski definition) is 1. The summed E-state index contributed by atoms with van der Waals surface area (Å²) >= 11 is 0. The number of H-pyrrole nitrogens is 1. The molecule has 2 N–H and O–H groups in total. The number of benzene rings is 2. The van der Waals surface area contributed by atoms with E-state index in [0.717, 1.165) is 27.7 Å². The van der Waals surface area contributed by atoms with Crippen molar-refractivity contribution in [3.63, 3.8) is 0 Å². The largest absolute Gasteiger partial charge is 0.361 e. The minimum Gasteiger partial charge on any atom is -0.361 e. The van der Waals surface area contributed by atoms with E-state index in [9.17, 15) is 4.79 Å². The van der Waals surface area contributed by atoms with Crippen molar-refractivity contribution < 1.29 is 4.79 Å². The third-order valence-corrected chi connectivity index (χ3v) is 3.98. The average molecular weight is 292 g/mol. The van der Waals surface area contributed by atoms with Gasteiger partial charge in [0.05, 0.1) is 0 Å². The van der Waals surface area contributed by atoms with Crippen molar-refractivity contribution in [2.24, 2.45) is 0 Å². The van der Waals surface area contributed by atoms with E-state index in [1.807, 2.05) is 49.5 Å². The second-order valence-electron chi connectivity index (χ2n) is 5.93. The number of amides is 1. The smallest absolute Gasteiger partial charge is 0.255 e. The molecule has 0 aliphatic rings. The van der Waals surface area contributed by atoms with E-state index in [0.29, 0.717) is 11.5 Å². The molecule has 1 heterocycles. The molecule has 0 radical (unpaired) electrons. The van der Waals surface area contributed by atoms with E-state index in [2.05, 4.69) is 30.2 Å². The lowest BCUT2D eigenvalue weighted by Gasteiger charge is -2.16. The van der Waals surface area contributed by atoms with Crippen molar-refractivity contribution >= 4 is 22.5 Å². The number of aryl methyl sites for hydroxylation is 1. The van der Waals surface area contributed by atoms with Crippen molar-refractivity contribution in [3.8, 4) is 0 Å². The summed E-state index contributed by atoms with van der Waals surface area (Å²) in [4.78, 5) is 15.7. The summed E-state index contributed by atoms with van der Waals surface area (Å²) in [7, 11) is 0. The monoisotopic (exact) mass is 292 g/mol. The number of aromatic amines is 1. The first kappa shape index (κ1) is 14.4. The Morgan fingerprint density at radius 3 is 2.73 bits per heavy atom. The molecule has 3 aromatic rings. The van der Waals surface area contributed by atoms with Crippen molar-refractivity contribution in [1.29, 1.82) is 0 Å². The molecule has 3 rings (SSSR count). The fraction of sp³-hybridized carbons (Fsp3) is 0.211. The SMILES string of the molecule is Cc1cccc(C(C)C)c1NC(=O)c1ccc2cc[nH]c2c1. The van der Waals surface area contributed by atoms with Gasteiger partial charge >= 0.3 is 0 Å². The van der Waals surface area contributed by atoms with Crippen molar-refractivity contribution in [3.05, 3.63) is 65.4 Å². The zero-order valence-electron chi connectivity index (χ0n) is 13.1. The molecule has 112 valence electrons. The van der Waals surface area contributed by atoms with Crippen LogP contribution in [0.3, 0.4) is 0 Å². The molecule has 22 heavy (non-hydrogen) atoms. The van der Waals surface area contributed by atoms with E-state index in [1.165, 1.54) is 0 Å². The number of hydrogen-bond donors (Lipinski definition) is 2. The van der Waals surface area contributed by atoms with Crippen LogP contribution in [0.25, 0.3) is 10.9 Å². The highest BCUT2D eigenvalue weighted by Gasteiger charge is 2.13. The van der Waals surface area contributed by atoms with Crippen LogP contribution in [0.1, 0.15) is 41.3 Å². The second-order valence-corrected chi connectivity index (χ2v) is 5.93. The van der Waals surface area contributed by atoms with Gasteiger partial charge in [-0.05, 0) is 47.6 Å². The summed E-state index contributed by atoms with van der Waals surface area (Å²) < 4.78 is 0. The predicted octanol–water partition coefficient (Wildman–Crippen LogP) is 4.85. The third kappa shape index (κ3) is 2.62. The molecular formula is C19H20N2O. The molecule has 2 aromatic carbocycles. The molecule has 0 bridgehead atoms. The van der Waals surface area contributed by atoms with Gasteiger partial charge in [0.25, 0.3) is 5.91 Å². The highest BCUT2D eigenvalue weighted by atomic mass is 16.1. The summed E-state index contributed by atoms with van der Waals surface area (Å²) in [5.41, 5.74) is 4.80. The molecule has 0 aliphatic heterocycles. The maximum Gasteiger partial charge on any atom is 0.255 e. The number of rotatable bonds is 3. The summed E-state index contributed by atoms with van der Waals surface area (Å²) in [6, 6.07) is 13.8. The van der Waals surface area contributed by atoms with Gasteiger partial charge in [0.1, 0.15) is 0 Å². The molecule has 0 aliphatic carbocycles. The second kappa shape index (κ2) is 5.68. The van der Waals surface area contributed by atoms with Crippen LogP contribution >= 0.6 is 0 Å². The Bertz CT molecular complexity index is 830. The Kier molecular flexibility index (Phi) is 3.72. The van der Waals surface area contributed by atoms with Crippen LogP contribution in [0.2, 0.25) is 0 Å². The first-order chi connectivity index (χ1) is 10.6. The number of aromatic nitrogens is 1. The van der Waals surface area contributed by atoms with E-state index < -0.39 is 0 Å². The molecule has 0 saturated heterocycles. The lowest BCUT2D eigenvalue weighted by atomic mass is 9.98. The maximum absolute atomic E-state index is 12.6. The lowest BCUT2D eigenvalue weighted by Crippen LogP contribution is -2.14. The Balaban J connectivity index is 1.94. The lowest BCUT2D eigenvalue weighted by molar-refractivity contribution is 0.102. The minimum absolute atomic E-state index is 0.0762. The van der Waals surface area contributed by atoms with Gasteiger partial charge < -0.3 is 10.3 Å². The molecule has 0 unspecified atom stereocenters. The van der Waals surface area contributed by atoms with Gasteiger partial charge in [-0.15, -0.1) is 0 Å². The normalized spacial score (nSPS) is 11.1. The van der Waals surface area contributed by atoms with Crippen molar-refractivity contribution in [1.82, 2.24) is 4.98 Å². The number of carbonyl (C=O) groups excluding carboxylic acids is 1. The quantitative estimate of drug-likeness (QED) is 0.712. The van der Waals surface area contributed by atoms with Gasteiger partial charge in [-0.1, -0.05) is 38.1 Å². The number of nitrogens with one attached hydrogen (secondary N) is 2. The summed E-state index contributed by atoms with van der Waals surface area (Å²) in [6.07, 6.45) is 1.88. The number of fused-ring (bicyclic) bond motifs is 1. The predicted molar refractivity (Wildman–Crippen MR) is 91.5 cm³/mol. The van der Waals surface area contributed by atoms with Crippen LogP contribution in [0, 0.1) is 6.92 Å². The zero-order chi connectivity index (χ0) is 15.7. The molecule has 0 fully saturated rings. The average Bonchev–Trinajstić information content (AvgIpc) is 2.96. The zero-order valence-corrected chi connectivity index (χ0v) is 13.1. The van der Waals surface area contributed by atoms with Crippen molar-refractivity contribution in [2.75, 3.05) is 5.32 Å². The number of anilines is 1. The highest BCUT2D eigenvalue weighted by molar-refractivity contribution is 6.06. The molecule has 1 aromatic heterocycles. The van der Waals surface area contributed by atoms with Crippen LogP contribution < -0.4 is 5.32 Å². The fourth-order valence-corrected chi connectivity index (χ4v) is 2.72. The number of carbonyl (C=O) groups is 1. The first-order valence-corrected chi connectivity index (χ1v) is 7.54. The first-order valence-electron chi connectivity index (χ1n) is 7.54. The van der Waals surface area contributed by atoms with E-state index >= 15 is 0 Å². The van der Waals surface area contributed by atoms with Crippen LogP contribution in [0.5, 0.6) is 0 Å². The van der Waals surface area contributed by atoms with Gasteiger partial charge in [0, 0.05) is 23.0 Å². The molecule has 0 spiro atoms. The van der Waals surface area contributed by atoms with E-state index in [4.69, 9.17) is 0 Å². The third-order valence-electron chi connectivity index (χ3n) is 3.98. The molecule has 3 nitrogen and oxygen atoms in total. The Labute approximate surface area is 130 Å². The molecular weight excluding hydrogens is 272 g/mol. The maximum atomic E-state index is 12.6. The van der Waals surface area contributed by atoms with Crippen LogP contribution in [-0.2, 0) is 0 Å². The highest BCUT2D eigenvalue weighted by Crippen LogP contribution is 2.28. The van der Waals surface area contributed by atoms with Gasteiger partial charge in [-0.3, -0.25) is 4.79 Å². The van der Waals surface area contributed by atoms with Gasteiger partial charge in [-0.2, -0.15) is 0 Å². The Morgan fingerprint density at radius 2 is 1.95 bits per heavy atom. The van der Waals surface area contributed by atoms with Crippen LogP contribution in [-0.4, -0.2) is 10.9 Å². The topological polar surface area (TPSA) is 44.9 Å². The fourth-order valence-electron chi connectivity index (χ4n) is 2.72. The Morgan fingerprint density at radius 1 is 1.14 bits per heavy atom. The molecule has 3 heteroatoms. The van der Waals surface area contributed by atoms with E-state index in [1.54, 1.807) is 0 Å². The van der Waals surface area contributed by atoms with Gasteiger partial charge in [0.15, 0.2) is 0 Å². The summed E-state index contributed by atoms with van der Waals surface area (Å²) in [6.45, 7) is 6.29. The van der Waals surface area contributed by atoms with Gasteiger partial charge in [0.2, 0.25) is 0 Å². The number of para-hydroxylation sites is 1. The van der Waals surface area contributed by atoms with E-state index in [-0.39, 0.29) is 5.91 Å². The molecule has 0 atom stereocenters. The Hall–Kier alpha value is -2.55. The summed E-state index contributed by atoms with van der Waals surface area (Å²) in [5, 5.41) is 4.19. The molecule has 1 amide bonds. The van der Waals surface area contributed by atoms with Crippen LogP contribution in [0.15, 0.2) is 48.7 Å². The molecule has 0 saturated carbocycles. The summed E-state index contributed by atoms with van der Waals surface area (Å²) in [5.74, 6) is 0.286. The van der Waals surface area contributed by atoms with Crippen molar-refractivity contribution in [2.45, 2.75) is 26.7 Å². The van der Waals surface area contributed by atoms with Gasteiger partial charge in [-0.25, -0.2) is 0 Å². The standard InChI is InChI=1S/C19H20N2O/c1-12(2)16-6-4-5-13(3)18(16)21-19(22)15-8-7-14-9-10-20-17(14)11-15/h4-12,20H,1-3H3,(H,21,22). The minimum atomic E-state index is -0.0762.